The van der Waals surface area contributed by atoms with Gasteiger partial charge in [-0.3, -0.25) is 4.79 Å². The van der Waals surface area contributed by atoms with Crippen molar-refractivity contribution in [1.29, 1.82) is 5.26 Å². The molecule has 1 heterocycles. The molecule has 7 heteroatoms. The highest BCUT2D eigenvalue weighted by Crippen LogP contribution is 2.32. The quantitative estimate of drug-likeness (QED) is 0.613. The topological polar surface area (TPSA) is 65.8 Å². The number of rotatable bonds is 4. The van der Waals surface area contributed by atoms with Gasteiger partial charge in [0.1, 0.15) is 0 Å². The van der Waals surface area contributed by atoms with Crippen LogP contribution < -0.4 is 14.4 Å². The van der Waals surface area contributed by atoms with E-state index in [2.05, 4.69) is 33.6 Å². The van der Waals surface area contributed by atoms with Crippen LogP contribution in [0.4, 0.5) is 5.69 Å². The van der Waals surface area contributed by atoms with Crippen LogP contribution >= 0.6 is 22.6 Å². The number of ether oxygens (including phenoxy) is 2. The lowest BCUT2D eigenvalue weighted by atomic mass is 10.1. The molecule has 0 aromatic heterocycles. The molecular weight excluding hydrogens is 469 g/mol. The van der Waals surface area contributed by atoms with E-state index in [9.17, 15) is 4.79 Å². The van der Waals surface area contributed by atoms with Gasteiger partial charge in [0.25, 0.3) is 5.91 Å². The fourth-order valence-corrected chi connectivity index (χ4v) is 3.98. The summed E-state index contributed by atoms with van der Waals surface area (Å²) in [5, 5.41) is 8.96. The molecule has 1 amide bonds. The summed E-state index contributed by atoms with van der Waals surface area (Å²) in [6.07, 6.45) is 0.885. The van der Waals surface area contributed by atoms with E-state index in [1.54, 1.807) is 20.3 Å². The van der Waals surface area contributed by atoms with Crippen LogP contribution in [0.3, 0.4) is 0 Å². The Kier molecular flexibility index (Phi) is 6.62. The third-order valence-electron chi connectivity index (χ3n) is 4.85. The van der Waals surface area contributed by atoms with Crippen LogP contribution in [0.1, 0.15) is 22.3 Å². The molecule has 1 fully saturated rings. The van der Waals surface area contributed by atoms with Crippen LogP contribution in [0.15, 0.2) is 36.4 Å². The van der Waals surface area contributed by atoms with E-state index in [0.717, 1.165) is 28.8 Å². The summed E-state index contributed by atoms with van der Waals surface area (Å²) in [7, 11) is 3.16. The first kappa shape index (κ1) is 20.3. The number of anilines is 1. The Hall–Kier alpha value is -2.47. The molecule has 0 saturated carbocycles. The first-order valence-electron chi connectivity index (χ1n) is 9.03. The average Bonchev–Trinajstić information content (AvgIpc) is 2.99. The first-order chi connectivity index (χ1) is 13.6. The van der Waals surface area contributed by atoms with Crippen molar-refractivity contribution >= 4 is 34.2 Å². The highest BCUT2D eigenvalue weighted by atomic mass is 127. The minimum Gasteiger partial charge on any atom is -0.493 e. The minimum absolute atomic E-state index is 0.00651. The largest absolute Gasteiger partial charge is 0.493 e. The maximum Gasteiger partial charge on any atom is 0.255 e. The number of benzene rings is 2. The van der Waals surface area contributed by atoms with Crippen LogP contribution in [0, 0.1) is 14.9 Å². The lowest BCUT2D eigenvalue weighted by Gasteiger charge is -2.24. The molecule has 0 unspecified atom stereocenters. The molecule has 0 bridgehead atoms. The third kappa shape index (κ3) is 4.33. The molecule has 0 aliphatic carbocycles. The number of carbonyl (C=O) groups is 1. The molecule has 1 saturated heterocycles. The maximum absolute atomic E-state index is 13.1. The first-order valence-corrected chi connectivity index (χ1v) is 10.1. The highest BCUT2D eigenvalue weighted by molar-refractivity contribution is 14.1. The van der Waals surface area contributed by atoms with Crippen LogP contribution in [0.2, 0.25) is 0 Å². The van der Waals surface area contributed by atoms with Gasteiger partial charge in [0, 0.05) is 35.4 Å². The Labute approximate surface area is 178 Å². The van der Waals surface area contributed by atoms with Crippen LogP contribution in [0.5, 0.6) is 11.5 Å². The summed E-state index contributed by atoms with van der Waals surface area (Å²) in [6.45, 7) is 2.97. The fraction of sp³-hybridized carbons (Fsp3) is 0.333. The van der Waals surface area contributed by atoms with Crippen molar-refractivity contribution in [2.75, 3.05) is 45.3 Å². The molecule has 1 aliphatic rings. The van der Waals surface area contributed by atoms with E-state index in [1.807, 2.05) is 35.2 Å². The van der Waals surface area contributed by atoms with E-state index in [-0.39, 0.29) is 5.91 Å². The van der Waals surface area contributed by atoms with Crippen LogP contribution in [-0.4, -0.2) is 51.2 Å². The summed E-state index contributed by atoms with van der Waals surface area (Å²) >= 11 is 2.16. The predicted octanol–water partition coefficient (Wildman–Crippen LogP) is 3.53. The molecule has 0 N–H and O–H groups in total. The molecule has 2 aromatic rings. The number of nitrogens with zero attached hydrogens (tertiary/aromatic N) is 3. The highest BCUT2D eigenvalue weighted by Gasteiger charge is 2.23. The zero-order valence-corrected chi connectivity index (χ0v) is 18.1. The summed E-state index contributed by atoms with van der Waals surface area (Å²) in [5.74, 6) is 1.18. The molecule has 0 radical (unpaired) electrons. The van der Waals surface area contributed by atoms with Crippen LogP contribution in [0.25, 0.3) is 0 Å². The number of carbonyl (C=O) groups excluding carboxylic acids is 1. The van der Waals surface area contributed by atoms with Gasteiger partial charge in [-0.05, 0) is 65.4 Å². The molecule has 3 rings (SSSR count). The number of nitriles is 1. The van der Waals surface area contributed by atoms with Crippen molar-refractivity contribution in [3.8, 4) is 17.6 Å². The van der Waals surface area contributed by atoms with Gasteiger partial charge in [-0.1, -0.05) is 0 Å². The van der Waals surface area contributed by atoms with Crippen molar-refractivity contribution in [2.45, 2.75) is 6.42 Å². The molecule has 28 heavy (non-hydrogen) atoms. The summed E-state index contributed by atoms with van der Waals surface area (Å²) < 4.78 is 11.5. The second kappa shape index (κ2) is 9.15. The Balaban J connectivity index is 1.75. The zero-order valence-electron chi connectivity index (χ0n) is 15.9. The van der Waals surface area contributed by atoms with Crippen molar-refractivity contribution in [3.05, 3.63) is 51.1 Å². The second-order valence-electron chi connectivity index (χ2n) is 6.48. The van der Waals surface area contributed by atoms with Crippen molar-refractivity contribution in [1.82, 2.24) is 4.90 Å². The molecular formula is C21H22IN3O3. The van der Waals surface area contributed by atoms with E-state index >= 15 is 0 Å². The second-order valence-corrected chi connectivity index (χ2v) is 7.64. The summed E-state index contributed by atoms with van der Waals surface area (Å²) in [5.41, 5.74) is 2.36. The number of hydrogen-bond donors (Lipinski definition) is 0. The van der Waals surface area contributed by atoms with Crippen molar-refractivity contribution in [3.63, 3.8) is 0 Å². The number of hydrogen-bond acceptors (Lipinski definition) is 5. The molecule has 6 nitrogen and oxygen atoms in total. The molecule has 0 spiro atoms. The van der Waals surface area contributed by atoms with Gasteiger partial charge in [0.15, 0.2) is 11.5 Å². The van der Waals surface area contributed by atoms with Crippen molar-refractivity contribution < 1.29 is 14.3 Å². The van der Waals surface area contributed by atoms with Gasteiger partial charge in [-0.2, -0.15) is 5.26 Å². The number of halogens is 1. The normalized spacial score (nSPS) is 14.2. The van der Waals surface area contributed by atoms with Gasteiger partial charge in [-0.25, -0.2) is 0 Å². The molecule has 146 valence electrons. The Morgan fingerprint density at radius 3 is 2.36 bits per heavy atom. The average molecular weight is 491 g/mol. The lowest BCUT2D eigenvalue weighted by Crippen LogP contribution is -2.35. The van der Waals surface area contributed by atoms with E-state index in [1.165, 1.54) is 0 Å². The Morgan fingerprint density at radius 1 is 1.04 bits per heavy atom. The number of amides is 1. The lowest BCUT2D eigenvalue weighted by molar-refractivity contribution is 0.0765. The molecule has 1 aliphatic heterocycles. The van der Waals surface area contributed by atoms with Crippen LogP contribution in [-0.2, 0) is 0 Å². The maximum atomic E-state index is 13.1. The Morgan fingerprint density at radius 2 is 1.71 bits per heavy atom. The molecule has 0 atom stereocenters. The summed E-state index contributed by atoms with van der Waals surface area (Å²) in [6, 6.07) is 13.3. The zero-order chi connectivity index (χ0) is 20.1. The SMILES string of the molecule is COc1cc(I)c(C(=O)N2CCCN(c3ccc(C#N)cc3)CC2)cc1OC. The number of methoxy groups -OCH3 is 2. The standard InChI is InChI=1S/C21H22IN3O3/c1-27-19-12-17(18(22)13-20(19)28-2)21(26)25-9-3-8-24(10-11-25)16-6-4-15(14-23)5-7-16/h4-7,12-13H,3,8-11H2,1-2H3. The van der Waals surface area contributed by atoms with Gasteiger partial charge >= 0.3 is 0 Å². The fourth-order valence-electron chi connectivity index (χ4n) is 3.31. The third-order valence-corrected chi connectivity index (χ3v) is 5.74. The predicted molar refractivity (Wildman–Crippen MR) is 116 cm³/mol. The Bertz CT molecular complexity index is 893. The van der Waals surface area contributed by atoms with E-state index in [0.29, 0.717) is 35.7 Å². The van der Waals surface area contributed by atoms with Gasteiger partial charge < -0.3 is 19.3 Å². The van der Waals surface area contributed by atoms with Gasteiger partial charge in [-0.15, -0.1) is 0 Å². The van der Waals surface area contributed by atoms with Gasteiger partial charge in [0.2, 0.25) is 0 Å². The summed E-state index contributed by atoms with van der Waals surface area (Å²) in [4.78, 5) is 17.3. The minimum atomic E-state index is 0.00651. The van der Waals surface area contributed by atoms with E-state index < -0.39 is 0 Å². The van der Waals surface area contributed by atoms with E-state index in [4.69, 9.17) is 14.7 Å². The molecule has 2 aromatic carbocycles. The van der Waals surface area contributed by atoms with Gasteiger partial charge in [0.05, 0.1) is 31.4 Å². The van der Waals surface area contributed by atoms with Crippen molar-refractivity contribution in [2.24, 2.45) is 0 Å². The smallest absolute Gasteiger partial charge is 0.255 e. The monoisotopic (exact) mass is 491 g/mol.